The Kier molecular flexibility index (Phi) is 3.33. The molecule has 0 heterocycles. The average Bonchev–Trinajstić information content (AvgIpc) is 2.27. The predicted octanol–water partition coefficient (Wildman–Crippen LogP) is 0.628. The molecule has 6 heteroatoms. The monoisotopic (exact) mass is 223 g/mol. The Labute approximate surface area is 89.4 Å². The van der Waals surface area contributed by atoms with E-state index in [1.54, 1.807) is 6.07 Å². The van der Waals surface area contributed by atoms with E-state index in [0.29, 0.717) is 6.07 Å². The number of hydrogen-bond donors (Lipinski definition) is 2. The molecule has 16 heavy (non-hydrogen) atoms. The van der Waals surface area contributed by atoms with Crippen molar-refractivity contribution in [3.05, 3.63) is 34.6 Å². The number of aliphatic hydroxyl groups excluding tert-OH is 1. The topological polar surface area (TPSA) is 98.4 Å². The minimum absolute atomic E-state index is 0.201. The highest BCUT2D eigenvalue weighted by Gasteiger charge is 2.21. The van der Waals surface area contributed by atoms with E-state index in [1.807, 2.05) is 0 Å². The lowest BCUT2D eigenvalue weighted by atomic mass is 10.0. The molecular formula is C10H6FNO4. The molecule has 0 spiro atoms. The molecule has 0 aromatic heterocycles. The van der Waals surface area contributed by atoms with E-state index in [9.17, 15) is 19.1 Å². The number of aldehydes is 1. The van der Waals surface area contributed by atoms with Gasteiger partial charge in [-0.25, -0.2) is 9.18 Å². The van der Waals surface area contributed by atoms with Crippen molar-refractivity contribution >= 4 is 12.3 Å². The molecule has 0 radical (unpaired) electrons. The number of carboxylic acids is 1. The highest BCUT2D eigenvalue weighted by molar-refractivity contribution is 5.79. The summed E-state index contributed by atoms with van der Waals surface area (Å²) in [6.45, 7) is 0. The zero-order valence-corrected chi connectivity index (χ0v) is 7.85. The Hall–Kier alpha value is -2.26. The number of nitrogens with zero attached hydrogens (tertiary/aromatic N) is 1. The van der Waals surface area contributed by atoms with Gasteiger partial charge in [-0.2, -0.15) is 5.26 Å². The summed E-state index contributed by atoms with van der Waals surface area (Å²) in [6.07, 6.45) is -1.79. The molecule has 0 fully saturated rings. The summed E-state index contributed by atoms with van der Waals surface area (Å²) in [7, 11) is 0. The Morgan fingerprint density at radius 2 is 2.19 bits per heavy atom. The number of aliphatic carboxylic acids is 1. The first kappa shape index (κ1) is 11.8. The lowest BCUT2D eigenvalue weighted by molar-refractivity contribution is -0.146. The van der Waals surface area contributed by atoms with Gasteiger partial charge in [-0.05, 0) is 12.1 Å². The van der Waals surface area contributed by atoms with Crippen molar-refractivity contribution < 1.29 is 24.2 Å². The first-order valence-corrected chi connectivity index (χ1v) is 4.10. The van der Waals surface area contributed by atoms with Gasteiger partial charge in [0.15, 0.2) is 12.4 Å². The van der Waals surface area contributed by atoms with Crippen molar-refractivity contribution in [1.82, 2.24) is 0 Å². The number of halogens is 1. The molecule has 1 atom stereocenters. The van der Waals surface area contributed by atoms with Crippen LogP contribution >= 0.6 is 0 Å². The highest BCUT2D eigenvalue weighted by Crippen LogP contribution is 2.21. The van der Waals surface area contributed by atoms with Crippen LogP contribution in [0.3, 0.4) is 0 Å². The summed E-state index contributed by atoms with van der Waals surface area (Å²) in [6, 6.07) is 3.14. The van der Waals surface area contributed by atoms with Crippen molar-refractivity contribution in [2.75, 3.05) is 0 Å². The predicted molar refractivity (Wildman–Crippen MR) is 49.1 cm³/mol. The summed E-state index contributed by atoms with van der Waals surface area (Å²) in [5.41, 5.74) is -0.991. The van der Waals surface area contributed by atoms with Crippen LogP contribution in [0.1, 0.15) is 27.6 Å². The maximum atomic E-state index is 13.1. The van der Waals surface area contributed by atoms with Crippen LogP contribution in [-0.4, -0.2) is 22.5 Å². The van der Waals surface area contributed by atoms with Gasteiger partial charge >= 0.3 is 5.97 Å². The summed E-state index contributed by atoms with van der Waals surface area (Å²) in [4.78, 5) is 20.9. The quantitative estimate of drug-likeness (QED) is 0.732. The van der Waals surface area contributed by atoms with Crippen molar-refractivity contribution in [1.29, 1.82) is 5.26 Å². The summed E-state index contributed by atoms with van der Waals surface area (Å²) < 4.78 is 13.1. The van der Waals surface area contributed by atoms with Crippen LogP contribution in [0.2, 0.25) is 0 Å². The van der Waals surface area contributed by atoms with Gasteiger partial charge in [-0.1, -0.05) is 0 Å². The second kappa shape index (κ2) is 4.51. The van der Waals surface area contributed by atoms with Crippen LogP contribution < -0.4 is 0 Å². The van der Waals surface area contributed by atoms with E-state index < -0.39 is 17.9 Å². The van der Waals surface area contributed by atoms with E-state index in [1.165, 1.54) is 0 Å². The third-order valence-electron chi connectivity index (χ3n) is 1.94. The van der Waals surface area contributed by atoms with E-state index in [2.05, 4.69) is 0 Å². The number of hydrogen-bond acceptors (Lipinski definition) is 4. The van der Waals surface area contributed by atoms with Gasteiger partial charge in [-0.3, -0.25) is 4.79 Å². The van der Waals surface area contributed by atoms with Crippen LogP contribution in [0.4, 0.5) is 4.39 Å². The smallest absolute Gasteiger partial charge is 0.337 e. The molecule has 1 aromatic rings. The van der Waals surface area contributed by atoms with Crippen molar-refractivity contribution in [3.8, 4) is 6.07 Å². The lowest BCUT2D eigenvalue weighted by Crippen LogP contribution is -2.13. The molecule has 0 saturated heterocycles. The highest BCUT2D eigenvalue weighted by atomic mass is 19.1. The van der Waals surface area contributed by atoms with Gasteiger partial charge in [0, 0.05) is 5.56 Å². The molecule has 0 aliphatic heterocycles. The Morgan fingerprint density at radius 1 is 1.56 bits per heavy atom. The average molecular weight is 223 g/mol. The number of carbonyl (C=O) groups excluding carboxylic acids is 1. The van der Waals surface area contributed by atoms with E-state index in [-0.39, 0.29) is 23.0 Å². The Bertz CT molecular complexity index is 492. The maximum absolute atomic E-state index is 13.1. The second-order valence-electron chi connectivity index (χ2n) is 2.93. The summed E-state index contributed by atoms with van der Waals surface area (Å²) in [5, 5.41) is 26.4. The molecule has 2 N–H and O–H groups in total. The lowest BCUT2D eigenvalue weighted by Gasteiger charge is -2.08. The molecular weight excluding hydrogens is 217 g/mol. The van der Waals surface area contributed by atoms with E-state index in [4.69, 9.17) is 10.4 Å². The standard InChI is InChI=1S/C10H6FNO4/c11-8-2-7(9(14)10(15)16)5(3-12)1-6(8)4-13/h1-2,4,9,14H,(H,15,16). The largest absolute Gasteiger partial charge is 0.479 e. The van der Waals surface area contributed by atoms with Gasteiger partial charge in [0.1, 0.15) is 5.82 Å². The van der Waals surface area contributed by atoms with Crippen LogP contribution in [0.25, 0.3) is 0 Å². The first-order chi connectivity index (χ1) is 7.51. The number of benzene rings is 1. The molecule has 1 aromatic carbocycles. The Balaban J connectivity index is 3.41. The molecule has 1 unspecified atom stereocenters. The van der Waals surface area contributed by atoms with Crippen LogP contribution in [0.15, 0.2) is 12.1 Å². The van der Waals surface area contributed by atoms with E-state index in [0.717, 1.165) is 6.07 Å². The van der Waals surface area contributed by atoms with Gasteiger partial charge in [0.25, 0.3) is 0 Å². The zero-order valence-electron chi connectivity index (χ0n) is 7.85. The molecule has 1 rings (SSSR count). The molecule has 0 saturated carbocycles. The summed E-state index contributed by atoms with van der Waals surface area (Å²) in [5.74, 6) is -2.58. The second-order valence-corrected chi connectivity index (χ2v) is 2.93. The van der Waals surface area contributed by atoms with Crippen molar-refractivity contribution in [2.24, 2.45) is 0 Å². The van der Waals surface area contributed by atoms with Crippen molar-refractivity contribution in [3.63, 3.8) is 0 Å². The van der Waals surface area contributed by atoms with Crippen molar-refractivity contribution in [2.45, 2.75) is 6.10 Å². The number of carboxylic acid groups (broad SMARTS) is 1. The van der Waals surface area contributed by atoms with Gasteiger partial charge in [-0.15, -0.1) is 0 Å². The minimum Gasteiger partial charge on any atom is -0.479 e. The normalized spacial score (nSPS) is 11.6. The van der Waals surface area contributed by atoms with Crippen LogP contribution in [0, 0.1) is 17.1 Å². The summed E-state index contributed by atoms with van der Waals surface area (Å²) >= 11 is 0. The number of rotatable bonds is 3. The Morgan fingerprint density at radius 3 is 2.62 bits per heavy atom. The number of carbonyl (C=O) groups is 2. The zero-order chi connectivity index (χ0) is 12.3. The molecule has 0 bridgehead atoms. The fraction of sp³-hybridized carbons (Fsp3) is 0.100. The molecule has 0 amide bonds. The first-order valence-electron chi connectivity index (χ1n) is 4.10. The SMILES string of the molecule is N#Cc1cc(C=O)c(F)cc1C(O)C(=O)O. The van der Waals surface area contributed by atoms with Crippen LogP contribution in [-0.2, 0) is 4.79 Å². The van der Waals surface area contributed by atoms with Gasteiger partial charge in [0.05, 0.1) is 17.2 Å². The molecule has 5 nitrogen and oxygen atoms in total. The number of nitriles is 1. The van der Waals surface area contributed by atoms with Gasteiger partial charge in [0.2, 0.25) is 0 Å². The van der Waals surface area contributed by atoms with E-state index >= 15 is 0 Å². The van der Waals surface area contributed by atoms with Crippen LogP contribution in [0.5, 0.6) is 0 Å². The fourth-order valence-electron chi connectivity index (χ4n) is 1.15. The molecule has 82 valence electrons. The molecule has 0 aliphatic rings. The van der Waals surface area contributed by atoms with Gasteiger partial charge < -0.3 is 10.2 Å². The maximum Gasteiger partial charge on any atom is 0.337 e. The third-order valence-corrected chi connectivity index (χ3v) is 1.94. The number of aliphatic hydroxyl groups is 1. The molecule has 0 aliphatic carbocycles. The minimum atomic E-state index is -2.00. The fourth-order valence-corrected chi connectivity index (χ4v) is 1.15. The third kappa shape index (κ3) is 2.04.